The maximum Gasteiger partial charge on any atom is 0.0577 e. The Bertz CT molecular complexity index is 271. The highest BCUT2D eigenvalue weighted by Gasteiger charge is 2.07. The van der Waals surface area contributed by atoms with E-state index in [0.717, 1.165) is 16.0 Å². The van der Waals surface area contributed by atoms with Crippen molar-refractivity contribution in [1.82, 2.24) is 0 Å². The van der Waals surface area contributed by atoms with Gasteiger partial charge in [0.15, 0.2) is 0 Å². The molecule has 0 heterocycles. The van der Waals surface area contributed by atoms with Crippen LogP contribution < -0.4 is 0 Å². The third kappa shape index (κ3) is 1.95. The van der Waals surface area contributed by atoms with E-state index in [9.17, 15) is 0 Å². The molecule has 1 rings (SSSR count). The number of hydrogen-bond acceptors (Lipinski definition) is 2. The predicted octanol–water partition coefficient (Wildman–Crippen LogP) is 0.943. The third-order valence-corrected chi connectivity index (χ3v) is 3.59. The molecule has 0 radical (unpaired) electrons. The van der Waals surface area contributed by atoms with Gasteiger partial charge in [-0.15, -0.1) is 0 Å². The van der Waals surface area contributed by atoms with Gasteiger partial charge in [0, 0.05) is 15.8 Å². The lowest BCUT2D eigenvalue weighted by Crippen LogP contribution is -2.08. The van der Waals surface area contributed by atoms with Crippen molar-refractivity contribution in [2.75, 3.05) is 0 Å². The van der Waals surface area contributed by atoms with Gasteiger partial charge in [-0.2, -0.15) is 0 Å². The van der Waals surface area contributed by atoms with Crippen LogP contribution in [0.2, 0.25) is 0 Å². The molecule has 12 heavy (non-hydrogen) atoms. The Balaban J connectivity index is 2.86. The van der Waals surface area contributed by atoms with E-state index < -0.39 is 0 Å². The molecule has 2 nitrogen and oxygen atoms in total. The zero-order chi connectivity index (χ0) is 8.97. The first-order chi connectivity index (χ1) is 5.75. The minimum atomic E-state index is 0.330. The Hall–Kier alpha value is -1.09. The van der Waals surface area contributed by atoms with E-state index in [-0.39, 0.29) is 0 Å². The Morgan fingerprint density at radius 3 is 2.50 bits per heavy atom. The summed E-state index contributed by atoms with van der Waals surface area (Å²) >= 11 is 0. The van der Waals surface area contributed by atoms with Gasteiger partial charge in [-0.25, -0.2) is 0 Å². The summed E-state index contributed by atoms with van der Waals surface area (Å²) in [6.07, 6.45) is 0. The van der Waals surface area contributed by atoms with Crippen LogP contribution in [0.3, 0.4) is 0 Å². The van der Waals surface area contributed by atoms with Crippen molar-refractivity contribution in [3.8, 4) is 0 Å². The molecule has 1 aromatic rings. The van der Waals surface area contributed by atoms with Crippen LogP contribution in [0.4, 0.5) is 0 Å². The highest BCUT2D eigenvalue weighted by Crippen LogP contribution is 2.12. The van der Waals surface area contributed by atoms with Gasteiger partial charge in [0.25, 0.3) is 0 Å². The van der Waals surface area contributed by atoms with Crippen molar-refractivity contribution >= 4 is 16.0 Å². The summed E-state index contributed by atoms with van der Waals surface area (Å²) in [6, 6.07) is 10.1. The second-order valence-corrected chi connectivity index (χ2v) is 4.03. The molecule has 1 aromatic carbocycles. The predicted molar refractivity (Wildman–Crippen MR) is 54.0 cm³/mol. The first kappa shape index (κ1) is 9.00. The van der Waals surface area contributed by atoms with Crippen molar-refractivity contribution < 1.29 is 5.21 Å². The van der Waals surface area contributed by atoms with Gasteiger partial charge in [0.1, 0.15) is 0 Å². The van der Waals surface area contributed by atoms with Crippen molar-refractivity contribution in [1.29, 1.82) is 0 Å². The number of nitrogens with zero attached hydrogens (tertiary/aromatic N) is 1. The Labute approximate surface area is 75.3 Å². The van der Waals surface area contributed by atoms with Crippen LogP contribution in [0.5, 0.6) is 0 Å². The minimum absolute atomic E-state index is 0.330. The largest absolute Gasteiger partial charge is 0.411 e. The normalized spacial score (nSPS) is 14.6. The SMILES string of the molecule is CC(=NO)C([SiH3])c1ccccc1. The molecule has 0 bridgehead atoms. The number of oxime groups is 1. The molecule has 0 fully saturated rings. The van der Waals surface area contributed by atoms with Crippen LogP contribution in [0.25, 0.3) is 0 Å². The van der Waals surface area contributed by atoms with E-state index in [1.165, 1.54) is 5.56 Å². The van der Waals surface area contributed by atoms with Crippen molar-refractivity contribution in [3.05, 3.63) is 35.9 Å². The van der Waals surface area contributed by atoms with Crippen LogP contribution in [-0.4, -0.2) is 21.2 Å². The monoisotopic (exact) mass is 179 g/mol. The molecule has 1 unspecified atom stereocenters. The zero-order valence-corrected chi connectivity index (χ0v) is 9.36. The van der Waals surface area contributed by atoms with Gasteiger partial charge in [-0.3, -0.25) is 0 Å². The molecule has 3 heteroatoms. The molecule has 0 aliphatic rings. The maximum atomic E-state index is 8.58. The first-order valence-corrected chi connectivity index (χ1v) is 5.14. The summed E-state index contributed by atoms with van der Waals surface area (Å²) in [5, 5.41) is 11.8. The van der Waals surface area contributed by atoms with E-state index in [4.69, 9.17) is 5.21 Å². The van der Waals surface area contributed by atoms with Gasteiger partial charge in [-0.05, 0) is 12.5 Å². The number of rotatable bonds is 2. The molecule has 64 valence electrons. The second kappa shape index (κ2) is 4.06. The van der Waals surface area contributed by atoms with E-state index in [2.05, 4.69) is 17.3 Å². The third-order valence-electron chi connectivity index (χ3n) is 2.08. The molecular weight excluding hydrogens is 166 g/mol. The number of hydrogen-bond donors (Lipinski definition) is 1. The van der Waals surface area contributed by atoms with E-state index in [0.29, 0.717) is 5.54 Å². The molecule has 0 aliphatic heterocycles. The lowest BCUT2D eigenvalue weighted by Gasteiger charge is -2.08. The quantitative estimate of drug-likeness (QED) is 0.312. The van der Waals surface area contributed by atoms with Gasteiger partial charge >= 0.3 is 0 Å². The molecule has 0 saturated heterocycles. The van der Waals surface area contributed by atoms with E-state index >= 15 is 0 Å². The lowest BCUT2D eigenvalue weighted by atomic mass is 10.1. The minimum Gasteiger partial charge on any atom is -0.411 e. The van der Waals surface area contributed by atoms with Gasteiger partial charge in [0.05, 0.1) is 5.71 Å². The van der Waals surface area contributed by atoms with Crippen LogP contribution in [0.1, 0.15) is 18.0 Å². The van der Waals surface area contributed by atoms with Gasteiger partial charge in [0.2, 0.25) is 0 Å². The highest BCUT2D eigenvalue weighted by molar-refractivity contribution is 6.25. The smallest absolute Gasteiger partial charge is 0.0577 e. The maximum absolute atomic E-state index is 8.58. The average molecular weight is 179 g/mol. The summed E-state index contributed by atoms with van der Waals surface area (Å²) in [5.74, 6) is 0. The lowest BCUT2D eigenvalue weighted by molar-refractivity contribution is 0.317. The van der Waals surface area contributed by atoms with Crippen LogP contribution in [-0.2, 0) is 0 Å². The topological polar surface area (TPSA) is 32.6 Å². The molecule has 1 atom stereocenters. The summed E-state index contributed by atoms with van der Waals surface area (Å²) < 4.78 is 0. The molecule has 0 saturated carbocycles. The molecular formula is C9H13NOSi. The van der Waals surface area contributed by atoms with Crippen LogP contribution >= 0.6 is 0 Å². The fraction of sp³-hybridized carbons (Fsp3) is 0.222. The number of benzene rings is 1. The Morgan fingerprint density at radius 1 is 1.42 bits per heavy atom. The molecule has 1 N–H and O–H groups in total. The molecule has 0 spiro atoms. The van der Waals surface area contributed by atoms with E-state index in [1.807, 2.05) is 25.1 Å². The first-order valence-electron chi connectivity index (χ1n) is 3.99. The van der Waals surface area contributed by atoms with Crippen molar-refractivity contribution in [2.24, 2.45) is 5.16 Å². The molecule has 0 aromatic heterocycles. The van der Waals surface area contributed by atoms with Crippen molar-refractivity contribution in [2.45, 2.75) is 12.5 Å². The Kier molecular flexibility index (Phi) is 3.05. The molecule has 0 amide bonds. The van der Waals surface area contributed by atoms with Crippen LogP contribution in [0, 0.1) is 0 Å². The standard InChI is InChI=1S/C9H13NOSi/c1-7(10-11)9(12)8-5-3-2-4-6-8/h2-6,9,11H,1,12H3. The average Bonchev–Trinajstić information content (AvgIpc) is 2.17. The highest BCUT2D eigenvalue weighted by atomic mass is 28.1. The van der Waals surface area contributed by atoms with Crippen molar-refractivity contribution in [3.63, 3.8) is 0 Å². The summed E-state index contributed by atoms with van der Waals surface area (Å²) in [7, 11) is 0.979. The van der Waals surface area contributed by atoms with Gasteiger partial charge < -0.3 is 5.21 Å². The summed E-state index contributed by atoms with van der Waals surface area (Å²) in [6.45, 7) is 1.85. The summed E-state index contributed by atoms with van der Waals surface area (Å²) in [5.41, 5.74) is 2.36. The summed E-state index contributed by atoms with van der Waals surface area (Å²) in [4.78, 5) is 0. The fourth-order valence-electron chi connectivity index (χ4n) is 1.07. The Morgan fingerprint density at radius 2 is 2.00 bits per heavy atom. The fourth-order valence-corrected chi connectivity index (χ4v) is 1.57. The van der Waals surface area contributed by atoms with Gasteiger partial charge in [-0.1, -0.05) is 35.5 Å². The second-order valence-electron chi connectivity index (χ2n) is 2.87. The zero-order valence-electron chi connectivity index (χ0n) is 7.36. The van der Waals surface area contributed by atoms with E-state index in [1.54, 1.807) is 0 Å². The molecule has 0 aliphatic carbocycles. The van der Waals surface area contributed by atoms with Crippen LogP contribution in [0.15, 0.2) is 35.5 Å².